The normalized spacial score (nSPS) is 21.8. The fourth-order valence-electron chi connectivity index (χ4n) is 2.15. The number of imidazole rings is 1. The molecule has 1 aliphatic heterocycles. The van der Waals surface area contributed by atoms with Gasteiger partial charge in [0.1, 0.15) is 0 Å². The summed E-state index contributed by atoms with van der Waals surface area (Å²) in [7, 11) is 0. The van der Waals surface area contributed by atoms with E-state index in [4.69, 9.17) is 0 Å². The first-order valence-electron chi connectivity index (χ1n) is 4.74. The lowest BCUT2D eigenvalue weighted by molar-refractivity contribution is 0.402. The van der Waals surface area contributed by atoms with E-state index >= 15 is 0 Å². The standard InChI is InChI=1S/C10H16N2/c1-8(2)3-9-4-10-5-11-7-12(10)6-9/h5,7-9H,3-4,6H2,1-2H3. The lowest BCUT2D eigenvalue weighted by atomic mass is 9.95. The Labute approximate surface area is 73.6 Å². The van der Waals surface area contributed by atoms with Crippen LogP contribution in [0.1, 0.15) is 26.0 Å². The van der Waals surface area contributed by atoms with Gasteiger partial charge in [-0.2, -0.15) is 0 Å². The van der Waals surface area contributed by atoms with Crippen LogP contribution in [-0.4, -0.2) is 9.55 Å². The highest BCUT2D eigenvalue weighted by molar-refractivity contribution is 5.04. The van der Waals surface area contributed by atoms with Crippen molar-refractivity contribution in [3.63, 3.8) is 0 Å². The van der Waals surface area contributed by atoms with Gasteiger partial charge in [-0.3, -0.25) is 0 Å². The molecular weight excluding hydrogens is 148 g/mol. The Hall–Kier alpha value is -0.790. The van der Waals surface area contributed by atoms with Gasteiger partial charge in [-0.25, -0.2) is 4.98 Å². The minimum atomic E-state index is 0.826. The summed E-state index contributed by atoms with van der Waals surface area (Å²) in [5.41, 5.74) is 1.42. The summed E-state index contributed by atoms with van der Waals surface area (Å²) in [5.74, 6) is 1.69. The smallest absolute Gasteiger partial charge is 0.0948 e. The van der Waals surface area contributed by atoms with Gasteiger partial charge in [0.15, 0.2) is 0 Å². The van der Waals surface area contributed by atoms with Crippen LogP contribution in [0.5, 0.6) is 0 Å². The van der Waals surface area contributed by atoms with Gasteiger partial charge in [-0.1, -0.05) is 13.8 Å². The first kappa shape index (κ1) is 7.84. The van der Waals surface area contributed by atoms with E-state index < -0.39 is 0 Å². The van der Waals surface area contributed by atoms with Crippen LogP contribution in [0.2, 0.25) is 0 Å². The van der Waals surface area contributed by atoms with Crippen molar-refractivity contribution < 1.29 is 0 Å². The van der Waals surface area contributed by atoms with Crippen molar-refractivity contribution in [1.29, 1.82) is 0 Å². The molecule has 1 aromatic heterocycles. The second-order valence-electron chi connectivity index (χ2n) is 4.24. The SMILES string of the molecule is CC(C)CC1Cc2cncn2C1. The van der Waals surface area contributed by atoms with E-state index in [9.17, 15) is 0 Å². The summed E-state index contributed by atoms with van der Waals surface area (Å²) in [6, 6.07) is 0. The molecule has 0 bridgehead atoms. The first-order chi connectivity index (χ1) is 5.75. The number of rotatable bonds is 2. The molecule has 1 atom stereocenters. The minimum absolute atomic E-state index is 0.826. The zero-order valence-electron chi connectivity index (χ0n) is 7.83. The molecule has 0 aromatic carbocycles. The lowest BCUT2D eigenvalue weighted by Crippen LogP contribution is -2.05. The molecule has 0 fully saturated rings. The molecule has 2 nitrogen and oxygen atoms in total. The Balaban J connectivity index is 1.98. The third-order valence-electron chi connectivity index (χ3n) is 2.56. The molecule has 2 rings (SSSR count). The zero-order chi connectivity index (χ0) is 8.55. The predicted octanol–water partition coefficient (Wildman–Crippen LogP) is 2.10. The number of hydrogen-bond donors (Lipinski definition) is 0. The molecule has 0 saturated heterocycles. The maximum absolute atomic E-state index is 4.12. The molecule has 1 aromatic rings. The monoisotopic (exact) mass is 164 g/mol. The molecule has 0 saturated carbocycles. The van der Waals surface area contributed by atoms with Crippen molar-refractivity contribution in [2.45, 2.75) is 33.2 Å². The van der Waals surface area contributed by atoms with Gasteiger partial charge in [0.05, 0.1) is 6.33 Å². The van der Waals surface area contributed by atoms with Crippen LogP contribution in [0.3, 0.4) is 0 Å². The number of nitrogens with zero attached hydrogens (tertiary/aromatic N) is 2. The topological polar surface area (TPSA) is 17.8 Å². The van der Waals surface area contributed by atoms with Gasteiger partial charge >= 0.3 is 0 Å². The maximum Gasteiger partial charge on any atom is 0.0948 e. The molecule has 0 spiro atoms. The summed E-state index contributed by atoms with van der Waals surface area (Å²) >= 11 is 0. The van der Waals surface area contributed by atoms with Crippen LogP contribution in [0, 0.1) is 11.8 Å². The molecule has 0 aliphatic carbocycles. The minimum Gasteiger partial charge on any atom is -0.334 e. The number of hydrogen-bond acceptors (Lipinski definition) is 1. The van der Waals surface area contributed by atoms with Crippen LogP contribution in [-0.2, 0) is 13.0 Å². The highest BCUT2D eigenvalue weighted by Gasteiger charge is 2.21. The van der Waals surface area contributed by atoms with E-state index in [-0.39, 0.29) is 0 Å². The Bertz CT molecular complexity index is 242. The predicted molar refractivity (Wildman–Crippen MR) is 48.9 cm³/mol. The van der Waals surface area contributed by atoms with Crippen molar-refractivity contribution >= 4 is 0 Å². The van der Waals surface area contributed by atoms with Crippen molar-refractivity contribution in [2.75, 3.05) is 0 Å². The summed E-state index contributed by atoms with van der Waals surface area (Å²) in [4.78, 5) is 4.12. The molecule has 66 valence electrons. The zero-order valence-corrected chi connectivity index (χ0v) is 7.83. The van der Waals surface area contributed by atoms with Gasteiger partial charge in [-0.05, 0) is 24.7 Å². The van der Waals surface area contributed by atoms with Crippen LogP contribution in [0.15, 0.2) is 12.5 Å². The largest absolute Gasteiger partial charge is 0.334 e. The van der Waals surface area contributed by atoms with Crippen LogP contribution < -0.4 is 0 Å². The van der Waals surface area contributed by atoms with Crippen molar-refractivity contribution in [1.82, 2.24) is 9.55 Å². The number of fused-ring (bicyclic) bond motifs is 1. The van der Waals surface area contributed by atoms with Gasteiger partial charge < -0.3 is 4.57 Å². The van der Waals surface area contributed by atoms with E-state index in [1.165, 1.54) is 25.1 Å². The highest BCUT2D eigenvalue weighted by Crippen LogP contribution is 2.25. The fraction of sp³-hybridized carbons (Fsp3) is 0.700. The Morgan fingerprint density at radius 1 is 1.67 bits per heavy atom. The van der Waals surface area contributed by atoms with Gasteiger partial charge in [0.2, 0.25) is 0 Å². The Kier molecular flexibility index (Phi) is 1.91. The second-order valence-corrected chi connectivity index (χ2v) is 4.24. The average Bonchev–Trinajstić information content (AvgIpc) is 2.43. The van der Waals surface area contributed by atoms with E-state index in [0.29, 0.717) is 0 Å². The molecule has 2 heterocycles. The van der Waals surface area contributed by atoms with Crippen molar-refractivity contribution in [3.05, 3.63) is 18.2 Å². The van der Waals surface area contributed by atoms with Crippen LogP contribution >= 0.6 is 0 Å². The highest BCUT2D eigenvalue weighted by atomic mass is 15.1. The van der Waals surface area contributed by atoms with E-state index in [1.807, 2.05) is 12.5 Å². The van der Waals surface area contributed by atoms with Gasteiger partial charge in [0.25, 0.3) is 0 Å². The van der Waals surface area contributed by atoms with Gasteiger partial charge in [0, 0.05) is 18.4 Å². The molecule has 0 radical (unpaired) electrons. The first-order valence-corrected chi connectivity index (χ1v) is 4.74. The lowest BCUT2D eigenvalue weighted by Gasteiger charge is -2.10. The quantitative estimate of drug-likeness (QED) is 0.654. The molecule has 1 unspecified atom stereocenters. The maximum atomic E-state index is 4.12. The molecule has 2 heteroatoms. The van der Waals surface area contributed by atoms with Gasteiger partial charge in [-0.15, -0.1) is 0 Å². The molecule has 1 aliphatic rings. The van der Waals surface area contributed by atoms with E-state index in [0.717, 1.165) is 11.8 Å². The summed E-state index contributed by atoms with van der Waals surface area (Å²) in [6.45, 7) is 5.78. The molecular formula is C10H16N2. The number of aromatic nitrogens is 2. The summed E-state index contributed by atoms with van der Waals surface area (Å²) in [6.07, 6.45) is 6.54. The van der Waals surface area contributed by atoms with Crippen LogP contribution in [0.25, 0.3) is 0 Å². The average molecular weight is 164 g/mol. The molecule has 0 N–H and O–H groups in total. The second kappa shape index (κ2) is 2.92. The van der Waals surface area contributed by atoms with E-state index in [1.54, 1.807) is 0 Å². The Morgan fingerprint density at radius 2 is 2.50 bits per heavy atom. The molecule has 12 heavy (non-hydrogen) atoms. The summed E-state index contributed by atoms with van der Waals surface area (Å²) < 4.78 is 2.28. The van der Waals surface area contributed by atoms with Crippen LogP contribution in [0.4, 0.5) is 0 Å². The molecule has 0 amide bonds. The van der Waals surface area contributed by atoms with E-state index in [2.05, 4.69) is 23.4 Å². The summed E-state index contributed by atoms with van der Waals surface area (Å²) in [5, 5.41) is 0. The third kappa shape index (κ3) is 1.38. The third-order valence-corrected chi connectivity index (χ3v) is 2.56. The fourth-order valence-corrected chi connectivity index (χ4v) is 2.15. The van der Waals surface area contributed by atoms with Crippen molar-refractivity contribution in [2.24, 2.45) is 11.8 Å². The Morgan fingerprint density at radius 3 is 3.17 bits per heavy atom. The van der Waals surface area contributed by atoms with Crippen molar-refractivity contribution in [3.8, 4) is 0 Å².